The number of rotatable bonds is 5. The first-order valence-electron chi connectivity index (χ1n) is 9.00. The fourth-order valence-electron chi connectivity index (χ4n) is 3.52. The Morgan fingerprint density at radius 2 is 1.67 bits per heavy atom. The number of benzene rings is 2. The summed E-state index contributed by atoms with van der Waals surface area (Å²) < 4.78 is 12.9. The zero-order chi connectivity index (χ0) is 19.3. The van der Waals surface area contributed by atoms with Gasteiger partial charge in [0.25, 0.3) is 0 Å². The Kier molecular flexibility index (Phi) is 5.69. The average molecular weight is 367 g/mol. The maximum atomic E-state index is 12.9. The molecule has 3 rings (SSSR count). The highest BCUT2D eigenvalue weighted by Gasteiger charge is 2.43. The number of likely N-dealkylation sites (tertiary alicyclic amines) is 1. The van der Waals surface area contributed by atoms with Crippen molar-refractivity contribution in [2.24, 2.45) is 0 Å². The molecule has 0 unspecified atom stereocenters. The third-order valence-electron chi connectivity index (χ3n) is 5.18. The Labute approximate surface area is 157 Å². The average Bonchev–Trinajstić information content (AvgIpc) is 2.70. The molecule has 0 radical (unpaired) electrons. The molecule has 1 saturated heterocycles. The molecule has 0 aliphatic carbocycles. The van der Waals surface area contributed by atoms with Crippen molar-refractivity contribution in [2.75, 3.05) is 13.1 Å². The number of carbonyl (C=O) groups excluding carboxylic acids is 1. The number of hydrogen-bond donors (Lipinski definition) is 1. The van der Waals surface area contributed by atoms with Gasteiger partial charge in [-0.25, -0.2) is 4.39 Å². The van der Waals surface area contributed by atoms with Gasteiger partial charge in [-0.15, -0.1) is 0 Å². The third-order valence-corrected chi connectivity index (χ3v) is 5.18. The van der Waals surface area contributed by atoms with E-state index >= 15 is 0 Å². The molecule has 140 valence electrons. The summed E-state index contributed by atoms with van der Waals surface area (Å²) in [5, 5.41) is 9.81. The second-order valence-electron chi connectivity index (χ2n) is 6.79. The first-order chi connectivity index (χ1) is 13.0. The van der Waals surface area contributed by atoms with Gasteiger partial charge in [0, 0.05) is 19.5 Å². The summed E-state index contributed by atoms with van der Waals surface area (Å²) in [6, 6.07) is 15.3. The molecule has 1 N–H and O–H groups in total. The highest BCUT2D eigenvalue weighted by Crippen LogP contribution is 2.36. The Morgan fingerprint density at radius 3 is 2.26 bits per heavy atom. The predicted octanol–water partition coefficient (Wildman–Crippen LogP) is 3.87. The molecule has 1 heterocycles. The van der Waals surface area contributed by atoms with Gasteiger partial charge in [-0.2, -0.15) is 0 Å². The SMILES string of the molecule is O=C(CC=Cc1ccc(F)cc1)N1CCC(C(=O)O)(c2ccccc2)CC1. The van der Waals surface area contributed by atoms with E-state index in [0.717, 1.165) is 11.1 Å². The minimum Gasteiger partial charge on any atom is -0.481 e. The molecule has 5 heteroatoms. The number of halogens is 1. The molecule has 2 aromatic carbocycles. The number of nitrogens with zero attached hydrogens (tertiary/aromatic N) is 1. The number of carboxylic acids is 1. The topological polar surface area (TPSA) is 57.6 Å². The molecule has 0 atom stereocenters. The van der Waals surface area contributed by atoms with Crippen LogP contribution in [0.2, 0.25) is 0 Å². The van der Waals surface area contributed by atoms with E-state index in [1.807, 2.05) is 30.3 Å². The van der Waals surface area contributed by atoms with Crippen LogP contribution < -0.4 is 0 Å². The van der Waals surface area contributed by atoms with Gasteiger partial charge in [-0.05, 0) is 36.1 Å². The highest BCUT2D eigenvalue weighted by molar-refractivity contribution is 5.83. The van der Waals surface area contributed by atoms with Gasteiger partial charge in [-0.3, -0.25) is 9.59 Å². The van der Waals surface area contributed by atoms with E-state index in [1.54, 1.807) is 29.2 Å². The maximum absolute atomic E-state index is 12.9. The van der Waals surface area contributed by atoms with Gasteiger partial charge in [0.1, 0.15) is 5.82 Å². The molecule has 1 amide bonds. The number of piperidine rings is 1. The van der Waals surface area contributed by atoms with E-state index in [2.05, 4.69) is 0 Å². The zero-order valence-electron chi connectivity index (χ0n) is 15.0. The summed E-state index contributed by atoms with van der Waals surface area (Å²) >= 11 is 0. The lowest BCUT2D eigenvalue weighted by molar-refractivity contribution is -0.148. The summed E-state index contributed by atoms with van der Waals surface area (Å²) in [4.78, 5) is 26.1. The van der Waals surface area contributed by atoms with Crippen LogP contribution in [0.1, 0.15) is 30.4 Å². The fraction of sp³-hybridized carbons (Fsp3) is 0.273. The van der Waals surface area contributed by atoms with Crippen molar-refractivity contribution >= 4 is 18.0 Å². The largest absolute Gasteiger partial charge is 0.481 e. The van der Waals surface area contributed by atoms with Crippen molar-refractivity contribution in [1.82, 2.24) is 4.90 Å². The number of carboxylic acid groups (broad SMARTS) is 1. The minimum atomic E-state index is -0.929. The van der Waals surface area contributed by atoms with Gasteiger partial charge >= 0.3 is 5.97 Å². The Hall–Kier alpha value is -2.95. The maximum Gasteiger partial charge on any atom is 0.314 e. The molecular formula is C22H22FNO3. The lowest BCUT2D eigenvalue weighted by atomic mass is 9.73. The molecule has 27 heavy (non-hydrogen) atoms. The smallest absolute Gasteiger partial charge is 0.314 e. The van der Waals surface area contributed by atoms with E-state index in [1.165, 1.54) is 12.1 Å². The van der Waals surface area contributed by atoms with Crippen LogP contribution in [-0.2, 0) is 15.0 Å². The Balaban J connectivity index is 1.60. The van der Waals surface area contributed by atoms with Crippen LogP contribution in [0.25, 0.3) is 6.08 Å². The molecule has 1 aliphatic heterocycles. The lowest BCUT2D eigenvalue weighted by Gasteiger charge is -2.39. The summed E-state index contributed by atoms with van der Waals surface area (Å²) in [6.45, 7) is 0.842. The van der Waals surface area contributed by atoms with Crippen molar-refractivity contribution in [3.63, 3.8) is 0 Å². The van der Waals surface area contributed by atoms with Crippen molar-refractivity contribution in [3.8, 4) is 0 Å². The van der Waals surface area contributed by atoms with Crippen molar-refractivity contribution in [1.29, 1.82) is 0 Å². The van der Waals surface area contributed by atoms with Gasteiger partial charge in [0.05, 0.1) is 5.41 Å². The first kappa shape index (κ1) is 18.8. The van der Waals surface area contributed by atoms with Crippen LogP contribution >= 0.6 is 0 Å². The van der Waals surface area contributed by atoms with E-state index in [4.69, 9.17) is 0 Å². The van der Waals surface area contributed by atoms with Crippen LogP contribution in [0.3, 0.4) is 0 Å². The molecule has 1 aliphatic rings. The van der Waals surface area contributed by atoms with E-state index < -0.39 is 11.4 Å². The predicted molar refractivity (Wildman–Crippen MR) is 102 cm³/mol. The van der Waals surface area contributed by atoms with Crippen LogP contribution in [0, 0.1) is 5.82 Å². The molecule has 0 bridgehead atoms. The summed E-state index contributed by atoms with van der Waals surface area (Å²) in [6.07, 6.45) is 4.58. The van der Waals surface area contributed by atoms with Gasteiger partial charge in [0.15, 0.2) is 0 Å². The summed E-state index contributed by atoms with van der Waals surface area (Å²) in [7, 11) is 0. The minimum absolute atomic E-state index is 0.0274. The molecule has 1 fully saturated rings. The number of aliphatic carboxylic acids is 1. The van der Waals surface area contributed by atoms with Gasteiger partial charge in [-0.1, -0.05) is 54.6 Å². The lowest BCUT2D eigenvalue weighted by Crippen LogP contribution is -2.49. The van der Waals surface area contributed by atoms with Crippen LogP contribution in [-0.4, -0.2) is 35.0 Å². The van der Waals surface area contributed by atoms with Crippen molar-refractivity contribution in [3.05, 3.63) is 77.6 Å². The number of amides is 1. The molecule has 2 aromatic rings. The van der Waals surface area contributed by atoms with Crippen molar-refractivity contribution < 1.29 is 19.1 Å². The normalized spacial score (nSPS) is 16.4. The van der Waals surface area contributed by atoms with E-state index in [9.17, 15) is 19.1 Å². The number of carbonyl (C=O) groups is 2. The van der Waals surface area contributed by atoms with Crippen molar-refractivity contribution in [2.45, 2.75) is 24.7 Å². The highest BCUT2D eigenvalue weighted by atomic mass is 19.1. The first-order valence-corrected chi connectivity index (χ1v) is 9.00. The monoisotopic (exact) mass is 367 g/mol. The molecule has 0 aromatic heterocycles. The summed E-state index contributed by atoms with van der Waals surface area (Å²) in [5.41, 5.74) is 0.694. The standard InChI is InChI=1S/C22H22FNO3/c23-19-11-9-17(10-12-19)5-4-8-20(25)24-15-13-22(14-16-24,21(26)27)18-6-2-1-3-7-18/h1-7,9-12H,8,13-16H2,(H,26,27). The fourth-order valence-corrected chi connectivity index (χ4v) is 3.52. The Morgan fingerprint density at radius 1 is 1.04 bits per heavy atom. The molecule has 4 nitrogen and oxygen atoms in total. The van der Waals surface area contributed by atoms with Crippen LogP contribution in [0.4, 0.5) is 4.39 Å². The zero-order valence-corrected chi connectivity index (χ0v) is 15.0. The molecule has 0 saturated carbocycles. The second kappa shape index (κ2) is 8.16. The van der Waals surface area contributed by atoms with Crippen LogP contribution in [0.15, 0.2) is 60.7 Å². The Bertz CT molecular complexity index is 822. The van der Waals surface area contributed by atoms with E-state index in [-0.39, 0.29) is 18.1 Å². The molecular weight excluding hydrogens is 345 g/mol. The quantitative estimate of drug-likeness (QED) is 0.873. The molecule has 0 spiro atoms. The van der Waals surface area contributed by atoms with Gasteiger partial charge in [0.2, 0.25) is 5.91 Å². The number of hydrogen-bond acceptors (Lipinski definition) is 2. The van der Waals surface area contributed by atoms with Crippen LogP contribution in [0.5, 0.6) is 0 Å². The second-order valence-corrected chi connectivity index (χ2v) is 6.79. The van der Waals surface area contributed by atoms with E-state index in [0.29, 0.717) is 25.9 Å². The third kappa shape index (κ3) is 4.25. The van der Waals surface area contributed by atoms with Gasteiger partial charge < -0.3 is 10.0 Å². The summed E-state index contributed by atoms with van der Waals surface area (Å²) in [5.74, 6) is -1.16.